The molecule has 0 saturated carbocycles. The zero-order valence-corrected chi connectivity index (χ0v) is 15.3. The highest BCUT2D eigenvalue weighted by molar-refractivity contribution is 5.99. The number of hydrogen-bond acceptors (Lipinski definition) is 4. The van der Waals surface area contributed by atoms with Crippen LogP contribution < -0.4 is 0 Å². The molecule has 4 nitrogen and oxygen atoms in total. The molecule has 0 aromatic carbocycles. The van der Waals surface area contributed by atoms with Crippen molar-refractivity contribution in [1.82, 2.24) is 0 Å². The Morgan fingerprint density at radius 3 is 2.17 bits per heavy atom. The first-order valence-corrected chi connectivity index (χ1v) is 9.16. The van der Waals surface area contributed by atoms with Crippen molar-refractivity contribution in [2.24, 2.45) is 5.92 Å². The molecular weight excluding hydrogens is 304 g/mol. The molecule has 0 heterocycles. The van der Waals surface area contributed by atoms with E-state index in [9.17, 15) is 9.59 Å². The quantitative estimate of drug-likeness (QED) is 0.168. The van der Waals surface area contributed by atoms with Crippen LogP contribution >= 0.6 is 0 Å². The molecule has 0 spiro atoms. The number of ether oxygens (including phenoxy) is 2. The second kappa shape index (κ2) is 16.4. The third kappa shape index (κ3) is 12.1. The van der Waals surface area contributed by atoms with Gasteiger partial charge >= 0.3 is 5.97 Å². The van der Waals surface area contributed by atoms with Crippen LogP contribution in [-0.2, 0) is 19.1 Å². The van der Waals surface area contributed by atoms with E-state index < -0.39 is 11.9 Å². The lowest BCUT2D eigenvalue weighted by molar-refractivity contribution is -0.152. The second-order valence-electron chi connectivity index (χ2n) is 5.90. The number of carbonyl (C=O) groups is 2. The van der Waals surface area contributed by atoms with Crippen molar-refractivity contribution >= 4 is 11.8 Å². The Kier molecular flexibility index (Phi) is 15.5. The lowest BCUT2D eigenvalue weighted by Gasteiger charge is -2.12. The Balaban J connectivity index is 3.67. The molecule has 1 unspecified atom stereocenters. The number of ketones is 1. The van der Waals surface area contributed by atoms with Gasteiger partial charge in [-0.05, 0) is 32.6 Å². The summed E-state index contributed by atoms with van der Waals surface area (Å²) in [6.07, 6.45) is 13.2. The first-order chi connectivity index (χ1) is 11.7. The van der Waals surface area contributed by atoms with Crippen LogP contribution in [0.25, 0.3) is 0 Å². The molecule has 0 aromatic heterocycles. The van der Waals surface area contributed by atoms with E-state index in [1.165, 1.54) is 32.1 Å². The van der Waals surface area contributed by atoms with Gasteiger partial charge in [0.15, 0.2) is 5.78 Å². The van der Waals surface area contributed by atoms with Crippen molar-refractivity contribution < 1.29 is 19.1 Å². The van der Waals surface area contributed by atoms with E-state index in [2.05, 4.69) is 13.2 Å². The summed E-state index contributed by atoms with van der Waals surface area (Å²) in [4.78, 5) is 23.8. The van der Waals surface area contributed by atoms with Gasteiger partial charge in [-0.1, -0.05) is 44.3 Å². The Bertz CT molecular complexity index is 363. The van der Waals surface area contributed by atoms with E-state index in [-0.39, 0.29) is 19.0 Å². The zero-order valence-electron chi connectivity index (χ0n) is 15.3. The van der Waals surface area contributed by atoms with Crippen LogP contribution in [0, 0.1) is 5.92 Å². The second-order valence-corrected chi connectivity index (χ2v) is 5.90. The van der Waals surface area contributed by atoms with Crippen LogP contribution in [0.1, 0.15) is 64.7 Å². The van der Waals surface area contributed by atoms with Crippen molar-refractivity contribution in [3.05, 3.63) is 25.3 Å². The predicted octanol–water partition coefficient (Wildman–Crippen LogP) is 4.63. The Hall–Kier alpha value is -1.42. The summed E-state index contributed by atoms with van der Waals surface area (Å²) >= 11 is 0. The maximum absolute atomic E-state index is 12.0. The number of esters is 1. The number of rotatable bonds is 17. The predicted molar refractivity (Wildman–Crippen MR) is 97.9 cm³/mol. The van der Waals surface area contributed by atoms with Gasteiger partial charge in [-0.3, -0.25) is 9.59 Å². The Morgan fingerprint density at radius 2 is 1.58 bits per heavy atom. The van der Waals surface area contributed by atoms with E-state index in [1.54, 1.807) is 13.0 Å². The fourth-order valence-electron chi connectivity index (χ4n) is 2.42. The first kappa shape index (κ1) is 22.6. The number of carbonyl (C=O) groups excluding carboxylic acids is 2. The smallest absolute Gasteiger partial charge is 0.316 e. The standard InChI is InChI=1S/C20H34O4/c1-4-7-8-9-10-11-12-13-14-16-23-17-19(21)18(15-5-2)20(22)24-6-3/h4-5,18H,1-2,6-17H2,3H3. The lowest BCUT2D eigenvalue weighted by atomic mass is 10.0. The highest BCUT2D eigenvalue weighted by Crippen LogP contribution is 2.10. The molecule has 0 fully saturated rings. The Morgan fingerprint density at radius 1 is 0.958 bits per heavy atom. The zero-order chi connectivity index (χ0) is 18.0. The van der Waals surface area contributed by atoms with Gasteiger partial charge < -0.3 is 9.47 Å². The summed E-state index contributed by atoms with van der Waals surface area (Å²) < 4.78 is 10.3. The molecule has 0 aliphatic carbocycles. The SMILES string of the molecule is C=CCCCCCCCCCOCC(=O)C(CC=C)C(=O)OCC. The van der Waals surface area contributed by atoms with Gasteiger partial charge in [0.2, 0.25) is 0 Å². The van der Waals surface area contributed by atoms with Crippen molar-refractivity contribution in [3.63, 3.8) is 0 Å². The highest BCUT2D eigenvalue weighted by atomic mass is 16.5. The molecule has 0 aliphatic rings. The van der Waals surface area contributed by atoms with Gasteiger partial charge in [-0.25, -0.2) is 0 Å². The number of unbranched alkanes of at least 4 members (excludes halogenated alkanes) is 7. The maximum Gasteiger partial charge on any atom is 0.316 e. The minimum atomic E-state index is -0.780. The van der Waals surface area contributed by atoms with Crippen molar-refractivity contribution in [1.29, 1.82) is 0 Å². The maximum atomic E-state index is 12.0. The van der Waals surface area contributed by atoms with Gasteiger partial charge in [0.05, 0.1) is 6.61 Å². The van der Waals surface area contributed by atoms with E-state index in [4.69, 9.17) is 9.47 Å². The average molecular weight is 338 g/mol. The van der Waals surface area contributed by atoms with Crippen LogP contribution in [0.4, 0.5) is 0 Å². The minimum Gasteiger partial charge on any atom is -0.465 e. The fourth-order valence-corrected chi connectivity index (χ4v) is 2.42. The van der Waals surface area contributed by atoms with Crippen LogP contribution in [0.15, 0.2) is 25.3 Å². The average Bonchev–Trinajstić information content (AvgIpc) is 2.57. The van der Waals surface area contributed by atoms with E-state index in [0.29, 0.717) is 13.0 Å². The largest absolute Gasteiger partial charge is 0.465 e. The molecule has 0 radical (unpaired) electrons. The third-order valence-electron chi connectivity index (χ3n) is 3.80. The molecule has 0 saturated heterocycles. The lowest BCUT2D eigenvalue weighted by Crippen LogP contribution is -2.29. The molecule has 0 bridgehead atoms. The van der Waals surface area contributed by atoms with Gasteiger partial charge in [-0.2, -0.15) is 0 Å². The molecule has 138 valence electrons. The van der Waals surface area contributed by atoms with E-state index in [1.807, 2.05) is 6.08 Å². The summed E-state index contributed by atoms with van der Waals surface area (Å²) in [6.45, 7) is 9.83. The van der Waals surface area contributed by atoms with Gasteiger partial charge in [0.1, 0.15) is 12.5 Å². The number of allylic oxidation sites excluding steroid dienone is 2. The fraction of sp³-hybridized carbons (Fsp3) is 0.700. The molecule has 0 rings (SSSR count). The summed E-state index contributed by atoms with van der Waals surface area (Å²) in [6, 6.07) is 0. The molecule has 4 heteroatoms. The molecule has 1 atom stereocenters. The van der Waals surface area contributed by atoms with Gasteiger partial charge in [0, 0.05) is 6.61 Å². The third-order valence-corrected chi connectivity index (χ3v) is 3.80. The van der Waals surface area contributed by atoms with E-state index in [0.717, 1.165) is 19.3 Å². The first-order valence-electron chi connectivity index (χ1n) is 9.16. The topological polar surface area (TPSA) is 52.6 Å². The molecule has 0 aliphatic heterocycles. The normalized spacial score (nSPS) is 11.7. The van der Waals surface area contributed by atoms with Crippen LogP contribution in [0.5, 0.6) is 0 Å². The number of hydrogen-bond donors (Lipinski definition) is 0. The van der Waals surface area contributed by atoms with Gasteiger partial charge in [0.25, 0.3) is 0 Å². The molecule has 0 N–H and O–H groups in total. The minimum absolute atomic E-state index is 0.0289. The molecule has 0 amide bonds. The van der Waals surface area contributed by atoms with Crippen molar-refractivity contribution in [3.8, 4) is 0 Å². The monoisotopic (exact) mass is 338 g/mol. The van der Waals surface area contributed by atoms with Gasteiger partial charge in [-0.15, -0.1) is 13.2 Å². The molecular formula is C20H34O4. The van der Waals surface area contributed by atoms with Crippen LogP contribution in [-0.4, -0.2) is 31.6 Å². The summed E-state index contributed by atoms with van der Waals surface area (Å²) in [5.74, 6) is -1.49. The number of Topliss-reactive ketones (excluding diaryl/α,β-unsaturated/α-hetero) is 1. The van der Waals surface area contributed by atoms with Crippen molar-refractivity contribution in [2.75, 3.05) is 19.8 Å². The summed E-state index contributed by atoms with van der Waals surface area (Å²) in [5, 5.41) is 0. The van der Waals surface area contributed by atoms with Crippen molar-refractivity contribution in [2.45, 2.75) is 64.7 Å². The summed E-state index contributed by atoms with van der Waals surface area (Å²) in [7, 11) is 0. The molecule has 0 aromatic rings. The molecule has 24 heavy (non-hydrogen) atoms. The van der Waals surface area contributed by atoms with Crippen LogP contribution in [0.3, 0.4) is 0 Å². The highest BCUT2D eigenvalue weighted by Gasteiger charge is 2.26. The van der Waals surface area contributed by atoms with E-state index >= 15 is 0 Å². The Labute approximate surface area is 147 Å². The summed E-state index contributed by atoms with van der Waals surface area (Å²) in [5.41, 5.74) is 0. The van der Waals surface area contributed by atoms with Crippen LogP contribution in [0.2, 0.25) is 0 Å².